The molecule has 0 saturated carbocycles. The van der Waals surface area contributed by atoms with Gasteiger partial charge in [-0.05, 0) is 0 Å². The van der Waals surface area contributed by atoms with Gasteiger partial charge in [0.15, 0.2) is 0 Å². The summed E-state index contributed by atoms with van der Waals surface area (Å²) in [5.74, 6) is 0. The maximum absolute atomic E-state index is 4.80. The van der Waals surface area contributed by atoms with Gasteiger partial charge < -0.3 is 0 Å². The van der Waals surface area contributed by atoms with Gasteiger partial charge in [-0.3, -0.25) is 0 Å². The molecule has 74 valence electrons. The topological polar surface area (TPSA) is 55.4 Å². The van der Waals surface area contributed by atoms with Crippen LogP contribution in [0, 0.1) is 0 Å². The van der Waals surface area contributed by atoms with E-state index < -0.39 is 8.80 Å². The van der Waals surface area contributed by atoms with E-state index in [1.807, 2.05) is 6.92 Å². The smallest absolute Gasteiger partial charge is 0.246 e. The molecule has 7 heteroatoms. The van der Waals surface area contributed by atoms with Crippen LogP contribution < -0.4 is 0 Å². The molecule has 0 N–H and O–H groups in total. The lowest BCUT2D eigenvalue weighted by Gasteiger charge is -2.21. The van der Waals surface area contributed by atoms with Gasteiger partial charge in [-0.1, -0.05) is 6.92 Å². The van der Waals surface area contributed by atoms with Crippen LogP contribution in [0.5, 0.6) is 0 Å². The minimum atomic E-state index is -2.94. The van der Waals surface area contributed by atoms with Crippen LogP contribution in [0.25, 0.3) is 0 Å². The molecule has 0 saturated heterocycles. The van der Waals surface area contributed by atoms with Gasteiger partial charge in [0.2, 0.25) is 0 Å². The normalized spacial score (nSPS) is 12.0. The molecule has 0 bridgehead atoms. The van der Waals surface area contributed by atoms with Crippen molar-refractivity contribution in [2.75, 3.05) is 21.3 Å². The van der Waals surface area contributed by atoms with Crippen molar-refractivity contribution in [3.05, 3.63) is 0 Å². The minimum Gasteiger partial charge on any atom is -0.246 e. The molecule has 0 amide bonds. The minimum absolute atomic E-state index is 0.475. The fourth-order valence-electron chi connectivity index (χ4n) is 0.599. The highest BCUT2D eigenvalue weighted by Crippen LogP contribution is 2.15. The highest BCUT2D eigenvalue weighted by atomic mass is 28.4. The van der Waals surface area contributed by atoms with Crippen molar-refractivity contribution in [2.24, 2.45) is 0 Å². The van der Waals surface area contributed by atoms with E-state index in [1.54, 1.807) is 0 Å². The summed E-state index contributed by atoms with van der Waals surface area (Å²) < 4.78 is 14.4. The first-order chi connectivity index (χ1) is 5.74. The Bertz CT molecular complexity index is 93.1. The zero-order valence-corrected chi connectivity index (χ0v) is 8.66. The molecule has 0 spiro atoms. The summed E-state index contributed by atoms with van der Waals surface area (Å²) in [6.07, 6.45) is 0. The molecule has 0 radical (unpaired) electrons. The van der Waals surface area contributed by atoms with E-state index in [1.165, 1.54) is 21.3 Å². The van der Waals surface area contributed by atoms with Gasteiger partial charge >= 0.3 is 8.80 Å². The van der Waals surface area contributed by atoms with Gasteiger partial charge in [-0.25, -0.2) is 28.4 Å². The van der Waals surface area contributed by atoms with Gasteiger partial charge in [-0.2, -0.15) is 0 Å². The lowest BCUT2D eigenvalue weighted by Crippen LogP contribution is -2.44. The summed E-state index contributed by atoms with van der Waals surface area (Å²) in [6, 6.07) is 0.475. The van der Waals surface area contributed by atoms with Crippen molar-refractivity contribution in [3.63, 3.8) is 0 Å². The van der Waals surface area contributed by atoms with E-state index in [-0.39, 0.29) is 0 Å². The molecule has 0 aromatic carbocycles. The van der Waals surface area contributed by atoms with Crippen LogP contribution in [0.15, 0.2) is 0 Å². The summed E-state index contributed by atoms with van der Waals surface area (Å²) in [5.41, 5.74) is 0. The monoisotopic (exact) mass is 198 g/mol. The average molecular weight is 198 g/mol. The van der Waals surface area contributed by atoms with Crippen LogP contribution >= 0.6 is 0 Å². The van der Waals surface area contributed by atoms with Crippen LogP contribution in [-0.4, -0.2) is 30.1 Å². The maximum atomic E-state index is 4.80. The Morgan fingerprint density at radius 2 is 1.17 bits per heavy atom. The van der Waals surface area contributed by atoms with Gasteiger partial charge in [0.05, 0.1) is 21.3 Å². The molecule has 0 aliphatic rings. The maximum Gasteiger partial charge on any atom is 0.584 e. The second kappa shape index (κ2) is 6.49. The van der Waals surface area contributed by atoms with Crippen LogP contribution in [-0.2, 0) is 28.4 Å². The zero-order chi connectivity index (χ0) is 9.45. The highest BCUT2D eigenvalue weighted by Gasteiger charge is 2.44. The molecular weight excluding hydrogens is 184 g/mol. The molecule has 0 rings (SSSR count). The molecule has 0 fully saturated rings. The van der Waals surface area contributed by atoms with Gasteiger partial charge in [-0.15, -0.1) is 0 Å². The van der Waals surface area contributed by atoms with Crippen molar-refractivity contribution in [2.45, 2.75) is 13.0 Å². The van der Waals surface area contributed by atoms with E-state index in [2.05, 4.69) is 14.7 Å². The predicted molar refractivity (Wildman–Crippen MR) is 40.5 cm³/mol. The summed E-state index contributed by atoms with van der Waals surface area (Å²) in [6.45, 7) is 1.81. The molecular formula is C5H14O6Si. The molecule has 0 atom stereocenters. The standard InChI is InChI=1S/C5H14O6Si/c1-5-12(9-6-2,10-7-3)11-8-4/h5H2,1-4H3. The first-order valence-corrected chi connectivity index (χ1v) is 5.33. The van der Waals surface area contributed by atoms with Crippen molar-refractivity contribution < 1.29 is 28.4 Å². The molecule has 0 aromatic heterocycles. The Morgan fingerprint density at radius 3 is 1.33 bits per heavy atom. The van der Waals surface area contributed by atoms with Crippen molar-refractivity contribution in [1.82, 2.24) is 0 Å². The van der Waals surface area contributed by atoms with Crippen LogP contribution in [0.2, 0.25) is 6.04 Å². The Labute approximate surface area is 72.4 Å². The molecule has 0 aromatic rings. The molecule has 0 aliphatic heterocycles. The predicted octanol–water partition coefficient (Wildman–Crippen LogP) is 0.679. The van der Waals surface area contributed by atoms with Crippen LogP contribution in [0.4, 0.5) is 0 Å². The molecule has 12 heavy (non-hydrogen) atoms. The first-order valence-electron chi connectivity index (χ1n) is 3.40. The second-order valence-electron chi connectivity index (χ2n) is 1.79. The fraction of sp³-hybridized carbons (Fsp3) is 1.00. The Hall–Kier alpha value is -0.0231. The zero-order valence-electron chi connectivity index (χ0n) is 7.66. The molecule has 0 unspecified atom stereocenters. The van der Waals surface area contributed by atoms with Gasteiger partial charge in [0.1, 0.15) is 0 Å². The summed E-state index contributed by atoms with van der Waals surface area (Å²) in [7, 11) is 1.13. The highest BCUT2D eigenvalue weighted by molar-refractivity contribution is 6.59. The Morgan fingerprint density at radius 1 is 0.833 bits per heavy atom. The number of hydrogen-bond donors (Lipinski definition) is 0. The lowest BCUT2D eigenvalue weighted by atomic mass is 11.0. The fourth-order valence-corrected chi connectivity index (χ4v) is 1.80. The third-order valence-electron chi connectivity index (χ3n) is 1.06. The van der Waals surface area contributed by atoms with E-state index in [4.69, 9.17) is 13.7 Å². The van der Waals surface area contributed by atoms with E-state index in [9.17, 15) is 0 Å². The first kappa shape index (κ1) is 12.0. The van der Waals surface area contributed by atoms with E-state index >= 15 is 0 Å². The van der Waals surface area contributed by atoms with E-state index in [0.29, 0.717) is 6.04 Å². The number of hydrogen-bond acceptors (Lipinski definition) is 6. The average Bonchev–Trinajstić information content (AvgIpc) is 2.06. The number of rotatable bonds is 7. The third-order valence-corrected chi connectivity index (χ3v) is 3.19. The van der Waals surface area contributed by atoms with Crippen molar-refractivity contribution >= 4 is 8.80 Å². The second-order valence-corrected chi connectivity index (χ2v) is 4.36. The van der Waals surface area contributed by atoms with E-state index in [0.717, 1.165) is 0 Å². The van der Waals surface area contributed by atoms with Gasteiger partial charge in [0, 0.05) is 6.04 Å². The molecule has 0 heterocycles. The van der Waals surface area contributed by atoms with Gasteiger partial charge in [0.25, 0.3) is 0 Å². The SMILES string of the molecule is CC[Si](OOC)(OOC)OOC. The van der Waals surface area contributed by atoms with Crippen LogP contribution in [0.3, 0.4) is 0 Å². The largest absolute Gasteiger partial charge is 0.584 e. The molecule has 6 nitrogen and oxygen atoms in total. The van der Waals surface area contributed by atoms with Crippen molar-refractivity contribution in [3.8, 4) is 0 Å². The third kappa shape index (κ3) is 3.58. The summed E-state index contributed by atoms with van der Waals surface area (Å²) in [4.78, 5) is 13.4. The Balaban J connectivity index is 4.06. The van der Waals surface area contributed by atoms with Crippen molar-refractivity contribution in [1.29, 1.82) is 0 Å². The lowest BCUT2D eigenvalue weighted by molar-refractivity contribution is -0.343. The molecule has 0 aliphatic carbocycles. The quantitative estimate of drug-likeness (QED) is 0.340. The Kier molecular flexibility index (Phi) is 6.48. The summed E-state index contributed by atoms with van der Waals surface area (Å²) >= 11 is 0. The summed E-state index contributed by atoms with van der Waals surface area (Å²) in [5, 5.41) is 0. The van der Waals surface area contributed by atoms with Crippen LogP contribution in [0.1, 0.15) is 6.92 Å².